The van der Waals surface area contributed by atoms with Gasteiger partial charge in [0.25, 0.3) is 0 Å². The van der Waals surface area contributed by atoms with Gasteiger partial charge in [0, 0.05) is 10.6 Å². The summed E-state index contributed by atoms with van der Waals surface area (Å²) < 4.78 is 2.12. The van der Waals surface area contributed by atoms with Crippen molar-refractivity contribution in [1.82, 2.24) is 19.6 Å². The molecule has 0 N–H and O–H groups in total. The van der Waals surface area contributed by atoms with Crippen molar-refractivity contribution in [3.8, 4) is 0 Å². The monoisotopic (exact) mass is 362 g/mol. The average molecular weight is 363 g/mol. The number of hydrogen-bond acceptors (Lipinski definition) is 6. The van der Waals surface area contributed by atoms with Crippen LogP contribution in [0, 0.1) is 5.92 Å². The molecule has 3 aromatic rings. The zero-order chi connectivity index (χ0) is 16.0. The van der Waals surface area contributed by atoms with E-state index in [9.17, 15) is 0 Å². The van der Waals surface area contributed by atoms with Crippen molar-refractivity contribution in [2.24, 2.45) is 5.92 Å². The number of rotatable bonds is 4. The smallest absolute Gasteiger partial charge is 0.198 e. The molecule has 1 unspecified atom stereocenters. The number of aromatic nitrogens is 4. The normalized spacial score (nSPS) is 17.7. The Labute approximate surface area is 147 Å². The van der Waals surface area contributed by atoms with E-state index in [1.165, 1.54) is 28.7 Å². The Hall–Kier alpha value is -1.05. The Balaban J connectivity index is 1.99. The number of nitrogens with zero attached hydrogens (tertiary/aromatic N) is 4. The Kier molecular flexibility index (Phi) is 4.11. The second-order valence-electron chi connectivity index (χ2n) is 5.87. The summed E-state index contributed by atoms with van der Waals surface area (Å²) in [6.45, 7) is 6.13. The van der Waals surface area contributed by atoms with E-state index < -0.39 is 0 Å². The minimum Gasteiger partial charge on any atom is -0.248 e. The van der Waals surface area contributed by atoms with E-state index >= 15 is 0 Å². The first-order valence-electron chi connectivity index (χ1n) is 7.70. The lowest BCUT2D eigenvalue weighted by molar-refractivity contribution is 0.509. The van der Waals surface area contributed by atoms with Gasteiger partial charge in [0.05, 0.1) is 5.39 Å². The van der Waals surface area contributed by atoms with Crippen LogP contribution in [0.4, 0.5) is 0 Å². The van der Waals surface area contributed by atoms with Gasteiger partial charge in [-0.1, -0.05) is 36.5 Å². The average Bonchev–Trinajstić information content (AvgIpc) is 3.12. The minimum atomic E-state index is 0.767. The zero-order valence-electron chi connectivity index (χ0n) is 13.2. The van der Waals surface area contributed by atoms with Crippen LogP contribution in [0.15, 0.2) is 23.0 Å². The highest BCUT2D eigenvalue weighted by Gasteiger charge is 2.25. The highest BCUT2D eigenvalue weighted by atomic mass is 32.2. The number of thioether (sulfide) groups is 2. The lowest BCUT2D eigenvalue weighted by Gasteiger charge is -2.17. The van der Waals surface area contributed by atoms with Gasteiger partial charge in [0.1, 0.15) is 4.83 Å². The number of fused-ring (bicyclic) bond motifs is 5. The quantitative estimate of drug-likeness (QED) is 0.389. The van der Waals surface area contributed by atoms with Crippen LogP contribution in [0.1, 0.15) is 23.8 Å². The van der Waals surface area contributed by atoms with E-state index in [1.807, 2.05) is 17.4 Å². The molecule has 0 spiro atoms. The second-order valence-corrected chi connectivity index (χ2v) is 8.72. The van der Waals surface area contributed by atoms with E-state index in [0.29, 0.717) is 0 Å². The summed E-state index contributed by atoms with van der Waals surface area (Å²) in [4.78, 5) is 7.53. The van der Waals surface area contributed by atoms with Gasteiger partial charge < -0.3 is 0 Å². The first-order valence-corrected chi connectivity index (χ1v) is 10.7. The van der Waals surface area contributed by atoms with Crippen LogP contribution in [0.2, 0.25) is 0 Å². The summed E-state index contributed by atoms with van der Waals surface area (Å²) in [6.07, 6.45) is 7.51. The van der Waals surface area contributed by atoms with Crippen LogP contribution >= 0.6 is 34.9 Å². The maximum absolute atomic E-state index is 4.92. The molecule has 0 radical (unpaired) electrons. The molecular weight excluding hydrogens is 344 g/mol. The molecule has 0 bridgehead atoms. The van der Waals surface area contributed by atoms with Crippen molar-refractivity contribution < 1.29 is 0 Å². The van der Waals surface area contributed by atoms with E-state index in [1.54, 1.807) is 23.5 Å². The largest absolute Gasteiger partial charge is 0.248 e. The van der Waals surface area contributed by atoms with Crippen molar-refractivity contribution >= 4 is 50.7 Å². The van der Waals surface area contributed by atoms with Gasteiger partial charge in [0.15, 0.2) is 16.0 Å². The molecule has 0 saturated carbocycles. The summed E-state index contributed by atoms with van der Waals surface area (Å²) in [5.74, 6) is 1.59. The highest BCUT2D eigenvalue weighted by molar-refractivity contribution is 7.99. The van der Waals surface area contributed by atoms with E-state index in [0.717, 1.165) is 38.9 Å². The predicted molar refractivity (Wildman–Crippen MR) is 100 cm³/mol. The van der Waals surface area contributed by atoms with Crippen LogP contribution in [0.5, 0.6) is 0 Å². The fraction of sp³-hybridized carbons (Fsp3) is 0.438. The molecule has 0 aliphatic heterocycles. The van der Waals surface area contributed by atoms with Gasteiger partial charge in [-0.3, -0.25) is 0 Å². The molecule has 1 aliphatic rings. The van der Waals surface area contributed by atoms with Crippen molar-refractivity contribution in [1.29, 1.82) is 0 Å². The van der Waals surface area contributed by atoms with Crippen LogP contribution in [0.3, 0.4) is 0 Å². The second kappa shape index (κ2) is 6.11. The molecule has 3 aromatic heterocycles. The fourth-order valence-corrected chi connectivity index (χ4v) is 5.85. The topological polar surface area (TPSA) is 43.1 Å². The van der Waals surface area contributed by atoms with Crippen molar-refractivity contribution in [3.63, 3.8) is 0 Å². The lowest BCUT2D eigenvalue weighted by atomic mass is 9.89. The molecule has 23 heavy (non-hydrogen) atoms. The SMILES string of the molecule is C=CCSc1nnc2c3c4c(sc3nc(SC)n12)CC(C)CC4. The molecule has 4 rings (SSSR count). The van der Waals surface area contributed by atoms with Crippen LogP contribution in [-0.2, 0) is 12.8 Å². The van der Waals surface area contributed by atoms with Crippen molar-refractivity contribution in [2.45, 2.75) is 36.5 Å². The van der Waals surface area contributed by atoms with Gasteiger partial charge in [0.2, 0.25) is 0 Å². The first kappa shape index (κ1) is 15.5. The summed E-state index contributed by atoms with van der Waals surface area (Å²) in [5.41, 5.74) is 2.43. The summed E-state index contributed by atoms with van der Waals surface area (Å²) in [7, 11) is 0. The molecule has 0 saturated heterocycles. The summed E-state index contributed by atoms with van der Waals surface area (Å²) >= 11 is 5.15. The Morgan fingerprint density at radius 2 is 2.26 bits per heavy atom. The molecule has 4 nitrogen and oxygen atoms in total. The number of hydrogen-bond donors (Lipinski definition) is 0. The molecule has 120 valence electrons. The van der Waals surface area contributed by atoms with E-state index in [4.69, 9.17) is 4.98 Å². The predicted octanol–water partition coefficient (Wildman–Crippen LogP) is 4.46. The third-order valence-corrected chi connectivity index (χ3v) is 6.96. The minimum absolute atomic E-state index is 0.767. The number of thiophene rings is 1. The first-order chi connectivity index (χ1) is 11.2. The van der Waals surface area contributed by atoms with Crippen LogP contribution in [0.25, 0.3) is 15.9 Å². The molecule has 0 fully saturated rings. The molecule has 7 heteroatoms. The Morgan fingerprint density at radius 1 is 1.39 bits per heavy atom. The van der Waals surface area contributed by atoms with Gasteiger partial charge in [-0.2, -0.15) is 0 Å². The standard InChI is InChI=1S/C16H18N4S3/c1-4-7-22-16-19-18-13-12-10-6-5-9(2)8-11(10)23-14(12)17-15(21-3)20(13)16/h4,9H,1,5-8H2,2-3H3. The van der Waals surface area contributed by atoms with Gasteiger partial charge in [-0.05, 0) is 37.0 Å². The zero-order valence-corrected chi connectivity index (χ0v) is 15.7. The van der Waals surface area contributed by atoms with Crippen LogP contribution < -0.4 is 0 Å². The lowest BCUT2D eigenvalue weighted by Crippen LogP contribution is -2.08. The highest BCUT2D eigenvalue weighted by Crippen LogP contribution is 2.40. The molecular formula is C16H18N4S3. The van der Waals surface area contributed by atoms with E-state index in [2.05, 4.69) is 34.4 Å². The maximum atomic E-state index is 4.92. The summed E-state index contributed by atoms with van der Waals surface area (Å²) in [6, 6.07) is 0. The summed E-state index contributed by atoms with van der Waals surface area (Å²) in [5, 5.41) is 12.0. The van der Waals surface area contributed by atoms with Gasteiger partial charge >= 0.3 is 0 Å². The molecule has 1 atom stereocenters. The number of aryl methyl sites for hydroxylation is 1. The fourth-order valence-electron chi connectivity index (χ4n) is 3.15. The van der Waals surface area contributed by atoms with Crippen LogP contribution in [-0.4, -0.2) is 31.6 Å². The van der Waals surface area contributed by atoms with Crippen molar-refractivity contribution in [3.05, 3.63) is 23.1 Å². The van der Waals surface area contributed by atoms with Gasteiger partial charge in [-0.15, -0.1) is 28.1 Å². The molecule has 3 heterocycles. The van der Waals surface area contributed by atoms with Crippen molar-refractivity contribution in [2.75, 3.05) is 12.0 Å². The molecule has 0 aromatic carbocycles. The maximum Gasteiger partial charge on any atom is 0.198 e. The van der Waals surface area contributed by atoms with E-state index in [-0.39, 0.29) is 0 Å². The molecule has 0 amide bonds. The Bertz CT molecular complexity index is 896. The van der Waals surface area contributed by atoms with Gasteiger partial charge in [-0.25, -0.2) is 9.38 Å². The third-order valence-electron chi connectivity index (χ3n) is 4.25. The Morgan fingerprint density at radius 3 is 3.04 bits per heavy atom. The third kappa shape index (κ3) is 2.49. The molecule has 1 aliphatic carbocycles.